The van der Waals surface area contributed by atoms with Gasteiger partial charge in [-0.05, 0) is 75.0 Å². The van der Waals surface area contributed by atoms with Crippen LogP contribution in [0, 0.1) is 12.3 Å². The lowest BCUT2D eigenvalue weighted by Gasteiger charge is -2.43. The van der Waals surface area contributed by atoms with E-state index in [0.717, 1.165) is 61.7 Å². The molecule has 0 bridgehead atoms. The molecular weight excluding hydrogens is 448 g/mol. The van der Waals surface area contributed by atoms with Crippen LogP contribution < -0.4 is 4.74 Å². The van der Waals surface area contributed by atoms with Gasteiger partial charge < -0.3 is 19.3 Å². The van der Waals surface area contributed by atoms with E-state index in [1.807, 2.05) is 30.0 Å². The molecule has 6 heteroatoms. The number of hydrogen-bond donors (Lipinski definition) is 0. The molecule has 0 unspecified atom stereocenters. The Morgan fingerprint density at radius 1 is 1.12 bits per heavy atom. The second kappa shape index (κ2) is 12.1. The summed E-state index contributed by atoms with van der Waals surface area (Å²) in [5.74, 6) is 1.05. The molecule has 0 saturated carbocycles. The summed E-state index contributed by atoms with van der Waals surface area (Å²) in [6.07, 6.45) is 4.82. The minimum Gasteiger partial charge on any atom is -0.493 e. The Bertz CT molecular complexity index is 933. The Balaban J connectivity index is 1.41. The minimum absolute atomic E-state index is 0.187. The molecule has 0 aromatic heterocycles. The quantitative estimate of drug-likeness (QED) is 0.502. The van der Waals surface area contributed by atoms with E-state index in [-0.39, 0.29) is 11.3 Å². The average molecular weight is 485 g/mol. The maximum Gasteiger partial charge on any atom is 0.223 e. The zero-order valence-electron chi connectivity index (χ0n) is 20.3. The Morgan fingerprint density at radius 3 is 2.68 bits per heavy atom. The van der Waals surface area contributed by atoms with Gasteiger partial charge in [0.25, 0.3) is 0 Å². The van der Waals surface area contributed by atoms with Gasteiger partial charge in [-0.3, -0.25) is 4.79 Å². The van der Waals surface area contributed by atoms with Gasteiger partial charge in [0, 0.05) is 36.5 Å². The maximum atomic E-state index is 13.3. The summed E-state index contributed by atoms with van der Waals surface area (Å²) in [4.78, 5) is 17.8. The van der Waals surface area contributed by atoms with Crippen molar-refractivity contribution < 1.29 is 14.3 Å². The van der Waals surface area contributed by atoms with Crippen molar-refractivity contribution in [2.75, 3.05) is 52.5 Å². The number of amides is 1. The molecule has 2 aliphatic rings. The number of rotatable bonds is 9. The average Bonchev–Trinajstić information content (AvgIpc) is 2.86. The molecule has 1 atom stereocenters. The molecular formula is C28H37ClN2O3. The van der Waals surface area contributed by atoms with Crippen LogP contribution in [0.25, 0.3) is 0 Å². The number of benzene rings is 2. The molecule has 184 valence electrons. The van der Waals surface area contributed by atoms with Crippen LogP contribution in [0.5, 0.6) is 5.75 Å². The first-order chi connectivity index (χ1) is 16.5. The summed E-state index contributed by atoms with van der Waals surface area (Å²) in [6.45, 7) is 8.19. The van der Waals surface area contributed by atoms with Crippen LogP contribution >= 0.6 is 11.6 Å². The van der Waals surface area contributed by atoms with Crippen LogP contribution in [-0.4, -0.2) is 68.3 Å². The fourth-order valence-electron chi connectivity index (χ4n) is 5.15. The number of likely N-dealkylation sites (tertiary alicyclic amines) is 1. The Kier molecular flexibility index (Phi) is 8.87. The SMILES string of the molecule is Cc1cc(OC[C@@]2(CC(=O)N3CCOCC3)CCCN(CCCc3ccccc3)C2)ccc1Cl. The monoisotopic (exact) mass is 484 g/mol. The summed E-state index contributed by atoms with van der Waals surface area (Å²) in [6, 6.07) is 16.5. The highest BCUT2D eigenvalue weighted by atomic mass is 35.5. The lowest BCUT2D eigenvalue weighted by atomic mass is 9.77. The highest BCUT2D eigenvalue weighted by Crippen LogP contribution is 2.36. The normalized spacial score (nSPS) is 21.4. The molecule has 0 radical (unpaired) electrons. The number of halogens is 1. The van der Waals surface area contributed by atoms with E-state index < -0.39 is 0 Å². The number of carbonyl (C=O) groups is 1. The summed E-state index contributed by atoms with van der Waals surface area (Å²) >= 11 is 6.20. The molecule has 5 nitrogen and oxygen atoms in total. The van der Waals surface area contributed by atoms with E-state index in [1.165, 1.54) is 5.56 Å². The number of aryl methyl sites for hydroxylation is 2. The lowest BCUT2D eigenvalue weighted by Crippen LogP contribution is -2.50. The van der Waals surface area contributed by atoms with E-state index in [1.54, 1.807) is 0 Å². The third kappa shape index (κ3) is 6.97. The molecule has 34 heavy (non-hydrogen) atoms. The topological polar surface area (TPSA) is 42.0 Å². The van der Waals surface area contributed by atoms with Crippen LogP contribution in [-0.2, 0) is 16.0 Å². The van der Waals surface area contributed by atoms with E-state index in [2.05, 4.69) is 35.2 Å². The van der Waals surface area contributed by atoms with Gasteiger partial charge in [-0.1, -0.05) is 41.9 Å². The number of carbonyl (C=O) groups excluding carboxylic acids is 1. The first-order valence-electron chi connectivity index (χ1n) is 12.5. The van der Waals surface area contributed by atoms with Crippen molar-refractivity contribution >= 4 is 17.5 Å². The molecule has 0 N–H and O–H groups in total. The predicted octanol–water partition coefficient (Wildman–Crippen LogP) is 4.99. The van der Waals surface area contributed by atoms with Crippen molar-refractivity contribution in [2.24, 2.45) is 5.41 Å². The van der Waals surface area contributed by atoms with Crippen LogP contribution in [0.2, 0.25) is 5.02 Å². The van der Waals surface area contributed by atoms with E-state index >= 15 is 0 Å². The first-order valence-corrected chi connectivity index (χ1v) is 12.9. The fraction of sp³-hybridized carbons (Fsp3) is 0.536. The van der Waals surface area contributed by atoms with Crippen LogP contribution in [0.4, 0.5) is 0 Å². The summed E-state index contributed by atoms with van der Waals surface area (Å²) in [7, 11) is 0. The van der Waals surface area contributed by atoms with Gasteiger partial charge in [0.05, 0.1) is 19.8 Å². The molecule has 2 aliphatic heterocycles. The molecule has 0 aliphatic carbocycles. The summed E-state index contributed by atoms with van der Waals surface area (Å²) in [5.41, 5.74) is 2.20. The minimum atomic E-state index is -0.187. The molecule has 2 heterocycles. The van der Waals surface area contributed by atoms with Gasteiger partial charge in [0.1, 0.15) is 5.75 Å². The second-order valence-electron chi connectivity index (χ2n) is 9.84. The largest absolute Gasteiger partial charge is 0.493 e. The standard InChI is InChI=1S/C28H37ClN2O3/c1-23-19-25(10-11-26(23)29)34-22-28(20-27(32)31-15-17-33-18-16-31)12-6-14-30(21-28)13-5-9-24-7-3-2-4-8-24/h2-4,7-8,10-11,19H,5-6,9,12-18,20-22H2,1H3/t28-/m1/s1. The molecule has 2 aromatic carbocycles. The van der Waals surface area contributed by atoms with Gasteiger partial charge in [0.2, 0.25) is 5.91 Å². The Morgan fingerprint density at radius 2 is 1.91 bits per heavy atom. The van der Waals surface area contributed by atoms with Crippen LogP contribution in [0.15, 0.2) is 48.5 Å². The van der Waals surface area contributed by atoms with Crippen molar-refractivity contribution in [3.63, 3.8) is 0 Å². The third-order valence-corrected chi connectivity index (χ3v) is 7.51. The van der Waals surface area contributed by atoms with Crippen molar-refractivity contribution in [3.05, 3.63) is 64.7 Å². The van der Waals surface area contributed by atoms with Gasteiger partial charge in [0.15, 0.2) is 0 Å². The van der Waals surface area contributed by atoms with Crippen LogP contribution in [0.3, 0.4) is 0 Å². The second-order valence-corrected chi connectivity index (χ2v) is 10.2. The smallest absolute Gasteiger partial charge is 0.223 e. The zero-order chi connectivity index (χ0) is 23.8. The summed E-state index contributed by atoms with van der Waals surface area (Å²) < 4.78 is 11.8. The van der Waals surface area contributed by atoms with E-state index in [9.17, 15) is 4.79 Å². The molecule has 0 spiro atoms. The van der Waals surface area contributed by atoms with Gasteiger partial charge in [-0.25, -0.2) is 0 Å². The van der Waals surface area contributed by atoms with Crippen LogP contribution in [0.1, 0.15) is 36.8 Å². The van der Waals surface area contributed by atoms with Crippen molar-refractivity contribution in [1.29, 1.82) is 0 Å². The Hall–Kier alpha value is -2.08. The predicted molar refractivity (Wildman–Crippen MR) is 137 cm³/mol. The first kappa shape index (κ1) is 25.0. The fourth-order valence-corrected chi connectivity index (χ4v) is 5.27. The molecule has 1 amide bonds. The molecule has 2 fully saturated rings. The molecule has 4 rings (SSSR count). The third-order valence-electron chi connectivity index (χ3n) is 7.09. The van der Waals surface area contributed by atoms with Crippen molar-refractivity contribution in [2.45, 2.75) is 39.0 Å². The molecule has 2 saturated heterocycles. The number of nitrogens with zero attached hydrogens (tertiary/aromatic N) is 2. The lowest BCUT2D eigenvalue weighted by molar-refractivity contribution is -0.139. The Labute approximate surface area is 209 Å². The summed E-state index contributed by atoms with van der Waals surface area (Å²) in [5, 5.41) is 0.742. The zero-order valence-corrected chi connectivity index (χ0v) is 21.1. The van der Waals surface area contributed by atoms with Gasteiger partial charge in [-0.15, -0.1) is 0 Å². The maximum absolute atomic E-state index is 13.3. The molecule has 2 aromatic rings. The van der Waals surface area contributed by atoms with Crippen molar-refractivity contribution in [3.8, 4) is 5.75 Å². The van der Waals surface area contributed by atoms with Gasteiger partial charge in [-0.2, -0.15) is 0 Å². The number of hydrogen-bond acceptors (Lipinski definition) is 4. The highest BCUT2D eigenvalue weighted by Gasteiger charge is 2.39. The van der Waals surface area contributed by atoms with E-state index in [0.29, 0.717) is 39.3 Å². The van der Waals surface area contributed by atoms with Gasteiger partial charge >= 0.3 is 0 Å². The van der Waals surface area contributed by atoms with Crippen molar-refractivity contribution in [1.82, 2.24) is 9.80 Å². The number of ether oxygens (including phenoxy) is 2. The number of piperidine rings is 1. The number of morpholine rings is 1. The highest BCUT2D eigenvalue weighted by molar-refractivity contribution is 6.31. The van der Waals surface area contributed by atoms with E-state index in [4.69, 9.17) is 21.1 Å².